The third-order valence-corrected chi connectivity index (χ3v) is 5.52. The highest BCUT2D eigenvalue weighted by molar-refractivity contribution is 7.99. The van der Waals surface area contributed by atoms with E-state index in [1.165, 1.54) is 30.3 Å². The van der Waals surface area contributed by atoms with Gasteiger partial charge in [-0.3, -0.25) is 0 Å². The monoisotopic (exact) mass is 480 g/mol. The second-order valence-electron chi connectivity index (χ2n) is 6.62. The minimum atomic E-state index is -4.82. The molecule has 0 unspecified atom stereocenters. The summed E-state index contributed by atoms with van der Waals surface area (Å²) in [6.07, 6.45) is -4.82. The van der Waals surface area contributed by atoms with Crippen LogP contribution in [0.4, 0.5) is 23.7 Å². The number of benzene rings is 3. The molecule has 9 heteroatoms. The molecule has 3 aromatic carbocycles. The molecular formula is C23H20ClF3N2O2S. The van der Waals surface area contributed by atoms with Crippen molar-refractivity contribution in [1.29, 1.82) is 0 Å². The smallest absolute Gasteiger partial charge is 0.405 e. The molecule has 4 nitrogen and oxygen atoms in total. The van der Waals surface area contributed by atoms with Gasteiger partial charge < -0.3 is 15.4 Å². The van der Waals surface area contributed by atoms with Gasteiger partial charge >= 0.3 is 12.4 Å². The van der Waals surface area contributed by atoms with E-state index in [1.807, 2.05) is 24.3 Å². The first-order chi connectivity index (χ1) is 15.2. The van der Waals surface area contributed by atoms with Crippen molar-refractivity contribution in [2.45, 2.75) is 24.7 Å². The molecule has 32 heavy (non-hydrogen) atoms. The summed E-state index contributed by atoms with van der Waals surface area (Å²) in [5, 5.41) is 5.59. The molecule has 0 aromatic heterocycles. The van der Waals surface area contributed by atoms with E-state index in [9.17, 15) is 18.0 Å². The van der Waals surface area contributed by atoms with Gasteiger partial charge in [0.1, 0.15) is 5.75 Å². The molecule has 0 spiro atoms. The number of nitrogens with one attached hydrogen (secondary N) is 2. The fraction of sp³-hybridized carbons (Fsp3) is 0.174. The Kier molecular flexibility index (Phi) is 7.93. The number of carbonyl (C=O) groups is 1. The van der Waals surface area contributed by atoms with Crippen molar-refractivity contribution in [3.05, 3.63) is 77.3 Å². The molecule has 2 amide bonds. The largest absolute Gasteiger partial charge is 0.573 e. The maximum Gasteiger partial charge on any atom is 0.573 e. The Morgan fingerprint density at radius 2 is 1.75 bits per heavy atom. The lowest BCUT2D eigenvalue weighted by molar-refractivity contribution is -0.274. The maximum absolute atomic E-state index is 12.7. The van der Waals surface area contributed by atoms with Gasteiger partial charge in [0, 0.05) is 28.3 Å². The van der Waals surface area contributed by atoms with Gasteiger partial charge in [0.15, 0.2) is 0 Å². The Balaban J connectivity index is 1.65. The third-order valence-electron chi connectivity index (χ3n) is 4.32. The van der Waals surface area contributed by atoms with Crippen LogP contribution >= 0.6 is 23.4 Å². The predicted molar refractivity (Wildman–Crippen MR) is 122 cm³/mol. The number of alkyl halides is 3. The second kappa shape index (κ2) is 10.7. The first-order valence-corrected chi connectivity index (χ1v) is 11.0. The highest BCUT2D eigenvalue weighted by Crippen LogP contribution is 2.38. The normalized spacial score (nSPS) is 11.2. The van der Waals surface area contributed by atoms with Gasteiger partial charge in [-0.2, -0.15) is 0 Å². The van der Waals surface area contributed by atoms with Crippen LogP contribution in [0, 0.1) is 0 Å². The lowest BCUT2D eigenvalue weighted by atomic mass is 10.0. The van der Waals surface area contributed by atoms with Crippen LogP contribution in [0.25, 0.3) is 11.1 Å². The molecule has 0 saturated carbocycles. The number of rotatable bonds is 7. The summed E-state index contributed by atoms with van der Waals surface area (Å²) >= 11 is 8.03. The second-order valence-corrected chi connectivity index (χ2v) is 8.37. The van der Waals surface area contributed by atoms with Crippen LogP contribution in [0.2, 0.25) is 5.02 Å². The van der Waals surface area contributed by atoms with Crippen molar-refractivity contribution in [2.24, 2.45) is 0 Å². The SMILES string of the molecule is CCSc1ccc(CNC(=O)Nc2ccc(-c3ccccc3OC(F)(F)F)c(Cl)c2)cc1. The number of ether oxygens (including phenoxy) is 1. The van der Waals surface area contributed by atoms with Gasteiger partial charge in [-0.25, -0.2) is 4.79 Å². The van der Waals surface area contributed by atoms with Crippen LogP contribution < -0.4 is 15.4 Å². The highest BCUT2D eigenvalue weighted by atomic mass is 35.5. The molecule has 0 radical (unpaired) electrons. The van der Waals surface area contributed by atoms with Gasteiger partial charge in [-0.1, -0.05) is 54.9 Å². The Hall–Kier alpha value is -2.84. The minimum Gasteiger partial charge on any atom is -0.405 e. The van der Waals surface area contributed by atoms with E-state index >= 15 is 0 Å². The van der Waals surface area contributed by atoms with Gasteiger partial charge in [0.2, 0.25) is 0 Å². The van der Waals surface area contributed by atoms with E-state index in [4.69, 9.17) is 11.6 Å². The number of hydrogen-bond donors (Lipinski definition) is 2. The summed E-state index contributed by atoms with van der Waals surface area (Å²) in [4.78, 5) is 13.4. The molecule has 0 saturated heterocycles. The van der Waals surface area contributed by atoms with Gasteiger partial charge in [0.25, 0.3) is 0 Å². The standard InChI is InChI=1S/C23H20ClF3N2O2S/c1-2-32-17-10-7-15(8-11-17)14-28-22(30)29-16-9-12-18(20(24)13-16)19-5-3-4-6-21(19)31-23(25,26)27/h3-13H,2,14H2,1H3,(H2,28,29,30). The van der Waals surface area contributed by atoms with Crippen LogP contribution in [0.3, 0.4) is 0 Å². The number of amides is 2. The number of halogens is 4. The van der Waals surface area contributed by atoms with E-state index in [0.29, 0.717) is 17.8 Å². The lowest BCUT2D eigenvalue weighted by Gasteiger charge is -2.15. The molecule has 3 aromatic rings. The topological polar surface area (TPSA) is 50.4 Å². The molecule has 3 rings (SSSR count). The summed E-state index contributed by atoms with van der Waals surface area (Å²) in [6, 6.07) is 17.7. The van der Waals surface area contributed by atoms with Crippen LogP contribution in [-0.2, 0) is 6.54 Å². The number of urea groups is 1. The zero-order valence-electron chi connectivity index (χ0n) is 17.0. The summed E-state index contributed by atoms with van der Waals surface area (Å²) in [6.45, 7) is 2.43. The van der Waals surface area contributed by atoms with Crippen LogP contribution in [0.15, 0.2) is 71.6 Å². The molecule has 168 valence electrons. The molecule has 0 aliphatic heterocycles. The minimum absolute atomic E-state index is 0.171. The summed E-state index contributed by atoms with van der Waals surface area (Å²) in [5.74, 6) is 0.631. The van der Waals surface area contributed by atoms with E-state index in [1.54, 1.807) is 23.9 Å². The molecule has 0 fully saturated rings. The van der Waals surface area contributed by atoms with Crippen molar-refractivity contribution >= 4 is 35.1 Å². The lowest BCUT2D eigenvalue weighted by Crippen LogP contribution is -2.28. The molecule has 2 N–H and O–H groups in total. The van der Waals surface area contributed by atoms with Crippen molar-refractivity contribution < 1.29 is 22.7 Å². The van der Waals surface area contributed by atoms with E-state index in [2.05, 4.69) is 22.3 Å². The number of hydrogen-bond acceptors (Lipinski definition) is 3. The summed E-state index contributed by atoms with van der Waals surface area (Å²) < 4.78 is 42.1. The summed E-state index contributed by atoms with van der Waals surface area (Å²) in [7, 11) is 0. The predicted octanol–water partition coefficient (Wildman–Crippen LogP) is 7.34. The molecule has 0 atom stereocenters. The van der Waals surface area contributed by atoms with Gasteiger partial charge in [0.05, 0.1) is 5.02 Å². The van der Waals surface area contributed by atoms with Crippen molar-refractivity contribution in [3.63, 3.8) is 0 Å². The Morgan fingerprint density at radius 3 is 2.41 bits per heavy atom. The van der Waals surface area contributed by atoms with Crippen LogP contribution in [0.1, 0.15) is 12.5 Å². The maximum atomic E-state index is 12.7. The number of anilines is 1. The Bertz CT molecular complexity index is 1080. The van der Waals surface area contributed by atoms with Crippen molar-refractivity contribution in [3.8, 4) is 16.9 Å². The third kappa shape index (κ3) is 6.83. The Labute approximate surface area is 193 Å². The number of carbonyl (C=O) groups excluding carboxylic acids is 1. The van der Waals surface area contributed by atoms with Crippen molar-refractivity contribution in [2.75, 3.05) is 11.1 Å². The zero-order valence-corrected chi connectivity index (χ0v) is 18.6. The average Bonchev–Trinajstić information content (AvgIpc) is 2.73. The number of thioether (sulfide) groups is 1. The molecule has 0 aliphatic carbocycles. The first-order valence-electron chi connectivity index (χ1n) is 9.66. The summed E-state index contributed by atoms with van der Waals surface area (Å²) in [5.41, 5.74) is 1.90. The van der Waals surface area contributed by atoms with E-state index < -0.39 is 12.4 Å². The average molecular weight is 481 g/mol. The van der Waals surface area contributed by atoms with Gasteiger partial charge in [-0.05, 0) is 41.6 Å². The first kappa shape index (κ1) is 23.8. The number of para-hydroxylation sites is 1. The van der Waals surface area contributed by atoms with Crippen LogP contribution in [0.5, 0.6) is 5.75 Å². The Morgan fingerprint density at radius 1 is 1.03 bits per heavy atom. The fourth-order valence-corrected chi connectivity index (χ4v) is 3.89. The van der Waals surface area contributed by atoms with Crippen LogP contribution in [-0.4, -0.2) is 18.1 Å². The molecule has 0 aliphatic rings. The molecule has 0 bridgehead atoms. The quantitative estimate of drug-likeness (QED) is 0.348. The van der Waals surface area contributed by atoms with Crippen molar-refractivity contribution in [1.82, 2.24) is 5.32 Å². The molecule has 0 heterocycles. The van der Waals surface area contributed by atoms with E-state index in [0.717, 1.165) is 16.2 Å². The molecular weight excluding hydrogens is 461 g/mol. The van der Waals surface area contributed by atoms with E-state index in [-0.39, 0.29) is 16.3 Å². The van der Waals surface area contributed by atoms with Gasteiger partial charge in [-0.15, -0.1) is 24.9 Å². The highest BCUT2D eigenvalue weighted by Gasteiger charge is 2.32. The fourth-order valence-electron chi connectivity index (χ4n) is 2.94. The zero-order chi connectivity index (χ0) is 23.1.